The van der Waals surface area contributed by atoms with Gasteiger partial charge in [-0.2, -0.15) is 0 Å². The standard InChI is InChI=1S/C15H16N2O3/c18-10-2-1-3-11-4-6-12(7-5-11)16-15(20)13-8-9-14(19)17-13/h4-7,13,18H,2,8-10H2,(H,16,20)(H,17,19). The Balaban J connectivity index is 1.92. The molecule has 1 aromatic rings. The molecule has 1 aliphatic heterocycles. The van der Waals surface area contributed by atoms with Crippen molar-refractivity contribution in [2.75, 3.05) is 11.9 Å². The number of carbonyl (C=O) groups is 2. The van der Waals surface area contributed by atoms with Gasteiger partial charge in [0, 0.05) is 24.1 Å². The first-order chi connectivity index (χ1) is 9.69. The van der Waals surface area contributed by atoms with E-state index in [1.54, 1.807) is 24.3 Å². The highest BCUT2D eigenvalue weighted by Crippen LogP contribution is 2.12. The molecule has 2 amide bonds. The van der Waals surface area contributed by atoms with Crippen LogP contribution in [0.3, 0.4) is 0 Å². The number of hydrogen-bond acceptors (Lipinski definition) is 3. The lowest BCUT2D eigenvalue weighted by Crippen LogP contribution is -2.37. The highest BCUT2D eigenvalue weighted by atomic mass is 16.2. The fourth-order valence-electron chi connectivity index (χ4n) is 1.90. The molecular weight excluding hydrogens is 256 g/mol. The van der Waals surface area contributed by atoms with E-state index >= 15 is 0 Å². The SMILES string of the molecule is O=C1CCC(C(=O)Nc2ccc(C#CCCO)cc2)N1. The van der Waals surface area contributed by atoms with Gasteiger partial charge in [0.15, 0.2) is 0 Å². The molecule has 1 aromatic carbocycles. The number of nitrogens with one attached hydrogen (secondary N) is 2. The predicted octanol–water partition coefficient (Wildman–Crippen LogP) is 0.638. The minimum atomic E-state index is -0.438. The third-order valence-corrected chi connectivity index (χ3v) is 2.93. The van der Waals surface area contributed by atoms with Crippen LogP contribution in [-0.2, 0) is 9.59 Å². The van der Waals surface area contributed by atoms with Gasteiger partial charge in [0.2, 0.25) is 11.8 Å². The summed E-state index contributed by atoms with van der Waals surface area (Å²) < 4.78 is 0. The van der Waals surface area contributed by atoms with Crippen LogP contribution in [0.25, 0.3) is 0 Å². The molecule has 5 heteroatoms. The molecule has 20 heavy (non-hydrogen) atoms. The van der Waals surface area contributed by atoms with E-state index < -0.39 is 6.04 Å². The first-order valence-electron chi connectivity index (χ1n) is 6.49. The Kier molecular flexibility index (Phi) is 4.75. The van der Waals surface area contributed by atoms with E-state index in [1.165, 1.54) is 0 Å². The third-order valence-electron chi connectivity index (χ3n) is 2.93. The van der Waals surface area contributed by atoms with Crippen LogP contribution in [0.15, 0.2) is 24.3 Å². The van der Waals surface area contributed by atoms with Crippen molar-refractivity contribution >= 4 is 17.5 Å². The zero-order valence-corrected chi connectivity index (χ0v) is 11.0. The summed E-state index contributed by atoms with van der Waals surface area (Å²) in [6.07, 6.45) is 1.38. The summed E-state index contributed by atoms with van der Waals surface area (Å²) in [5, 5.41) is 14.0. The van der Waals surface area contributed by atoms with E-state index in [4.69, 9.17) is 5.11 Å². The number of amides is 2. The van der Waals surface area contributed by atoms with Crippen molar-refractivity contribution in [3.05, 3.63) is 29.8 Å². The Hall–Kier alpha value is -2.32. The number of hydrogen-bond donors (Lipinski definition) is 3. The van der Waals surface area contributed by atoms with Gasteiger partial charge in [0.25, 0.3) is 0 Å². The second-order valence-electron chi connectivity index (χ2n) is 4.50. The van der Waals surface area contributed by atoms with Gasteiger partial charge in [0.1, 0.15) is 6.04 Å². The summed E-state index contributed by atoms with van der Waals surface area (Å²) in [7, 11) is 0. The minimum Gasteiger partial charge on any atom is -0.395 e. The minimum absolute atomic E-state index is 0.0499. The molecule has 3 N–H and O–H groups in total. The van der Waals surface area contributed by atoms with Crippen LogP contribution in [0, 0.1) is 11.8 Å². The molecule has 104 valence electrons. The van der Waals surface area contributed by atoms with Crippen LogP contribution in [0.1, 0.15) is 24.8 Å². The number of aliphatic hydroxyl groups excluding tert-OH is 1. The lowest BCUT2D eigenvalue weighted by atomic mass is 10.2. The molecule has 5 nitrogen and oxygen atoms in total. The first kappa shape index (κ1) is 14.1. The van der Waals surface area contributed by atoms with Crippen molar-refractivity contribution in [1.82, 2.24) is 5.32 Å². The lowest BCUT2D eigenvalue weighted by Gasteiger charge is -2.10. The predicted molar refractivity (Wildman–Crippen MR) is 74.8 cm³/mol. The number of anilines is 1. The zero-order chi connectivity index (χ0) is 14.4. The van der Waals surface area contributed by atoms with Crippen LogP contribution in [0.5, 0.6) is 0 Å². The maximum atomic E-state index is 11.9. The fourth-order valence-corrected chi connectivity index (χ4v) is 1.90. The van der Waals surface area contributed by atoms with Gasteiger partial charge in [-0.1, -0.05) is 11.8 Å². The number of rotatable bonds is 3. The van der Waals surface area contributed by atoms with E-state index in [2.05, 4.69) is 22.5 Å². The van der Waals surface area contributed by atoms with E-state index in [9.17, 15) is 9.59 Å². The summed E-state index contributed by atoms with van der Waals surface area (Å²) in [5.74, 6) is 5.45. The smallest absolute Gasteiger partial charge is 0.246 e. The average Bonchev–Trinajstić information content (AvgIpc) is 2.88. The summed E-state index contributed by atoms with van der Waals surface area (Å²) in [5.41, 5.74) is 1.49. The third kappa shape index (κ3) is 3.84. The van der Waals surface area contributed by atoms with E-state index in [0.717, 1.165) is 5.56 Å². The molecule has 1 atom stereocenters. The summed E-state index contributed by atoms with van der Waals surface area (Å²) in [4.78, 5) is 22.9. The average molecular weight is 272 g/mol. The van der Waals surface area contributed by atoms with Crippen LogP contribution >= 0.6 is 0 Å². The molecule has 0 saturated carbocycles. The Morgan fingerprint density at radius 1 is 1.40 bits per heavy atom. The van der Waals surface area contributed by atoms with Crippen LogP contribution in [0.2, 0.25) is 0 Å². The van der Waals surface area contributed by atoms with Gasteiger partial charge in [-0.3, -0.25) is 9.59 Å². The van der Waals surface area contributed by atoms with Gasteiger partial charge in [-0.15, -0.1) is 0 Å². The maximum Gasteiger partial charge on any atom is 0.246 e. The monoisotopic (exact) mass is 272 g/mol. The highest BCUT2D eigenvalue weighted by Gasteiger charge is 2.26. The van der Waals surface area contributed by atoms with Crippen molar-refractivity contribution in [3.8, 4) is 11.8 Å². The summed E-state index contributed by atoms with van der Waals surface area (Å²) in [6, 6.07) is 6.68. The second kappa shape index (κ2) is 6.73. The molecule has 1 heterocycles. The Morgan fingerprint density at radius 2 is 2.15 bits per heavy atom. The van der Waals surface area contributed by atoms with Gasteiger partial charge in [-0.05, 0) is 30.7 Å². The quantitative estimate of drug-likeness (QED) is 0.706. The first-order valence-corrected chi connectivity index (χ1v) is 6.49. The van der Waals surface area contributed by atoms with Crippen molar-refractivity contribution in [3.63, 3.8) is 0 Å². The molecule has 0 aromatic heterocycles. The van der Waals surface area contributed by atoms with Crippen molar-refractivity contribution in [2.45, 2.75) is 25.3 Å². The molecule has 1 unspecified atom stereocenters. The number of carbonyl (C=O) groups excluding carboxylic acids is 2. The Labute approximate surface area is 117 Å². The molecule has 0 bridgehead atoms. The molecule has 0 aliphatic carbocycles. The van der Waals surface area contributed by atoms with Gasteiger partial charge < -0.3 is 15.7 Å². The topological polar surface area (TPSA) is 78.4 Å². The maximum absolute atomic E-state index is 11.9. The van der Waals surface area contributed by atoms with E-state index in [0.29, 0.717) is 24.9 Å². The number of aliphatic hydroxyl groups is 1. The van der Waals surface area contributed by atoms with Crippen LogP contribution < -0.4 is 10.6 Å². The normalized spacial score (nSPS) is 17.1. The largest absolute Gasteiger partial charge is 0.395 e. The summed E-state index contributed by atoms with van der Waals surface area (Å²) >= 11 is 0. The summed E-state index contributed by atoms with van der Waals surface area (Å²) in [6.45, 7) is 0.0499. The second-order valence-corrected chi connectivity index (χ2v) is 4.50. The van der Waals surface area contributed by atoms with Crippen molar-refractivity contribution < 1.29 is 14.7 Å². The molecule has 1 fully saturated rings. The molecule has 1 aliphatic rings. The molecule has 1 saturated heterocycles. The van der Waals surface area contributed by atoms with Crippen LogP contribution in [0.4, 0.5) is 5.69 Å². The molecule has 0 radical (unpaired) electrons. The Bertz CT molecular complexity index is 555. The van der Waals surface area contributed by atoms with Crippen molar-refractivity contribution in [1.29, 1.82) is 0 Å². The Morgan fingerprint density at radius 3 is 2.75 bits per heavy atom. The molecule has 0 spiro atoms. The van der Waals surface area contributed by atoms with Crippen molar-refractivity contribution in [2.24, 2.45) is 0 Å². The molecule has 2 rings (SSSR count). The van der Waals surface area contributed by atoms with Crippen LogP contribution in [-0.4, -0.2) is 29.6 Å². The highest BCUT2D eigenvalue weighted by molar-refractivity contribution is 5.98. The van der Waals surface area contributed by atoms with Gasteiger partial charge in [0.05, 0.1) is 6.61 Å². The zero-order valence-electron chi connectivity index (χ0n) is 11.0. The van der Waals surface area contributed by atoms with Gasteiger partial charge >= 0.3 is 0 Å². The molecular formula is C15H16N2O3. The van der Waals surface area contributed by atoms with E-state index in [1.807, 2.05) is 0 Å². The van der Waals surface area contributed by atoms with E-state index in [-0.39, 0.29) is 18.4 Å². The number of benzene rings is 1. The fraction of sp³-hybridized carbons (Fsp3) is 0.333. The lowest BCUT2D eigenvalue weighted by molar-refractivity contribution is -0.122. The van der Waals surface area contributed by atoms with Gasteiger partial charge in [-0.25, -0.2) is 0 Å².